The number of aromatic nitrogens is 4. The number of benzene rings is 4. The lowest BCUT2D eigenvalue weighted by Gasteiger charge is -2.37. The van der Waals surface area contributed by atoms with Gasteiger partial charge in [0.05, 0.1) is 88.1 Å². The van der Waals surface area contributed by atoms with E-state index in [-0.39, 0.29) is 23.9 Å². The van der Waals surface area contributed by atoms with Gasteiger partial charge in [0.1, 0.15) is 11.5 Å². The van der Waals surface area contributed by atoms with Gasteiger partial charge in [-0.25, -0.2) is 9.97 Å². The lowest BCUT2D eigenvalue weighted by Crippen LogP contribution is -2.40. The van der Waals surface area contributed by atoms with E-state index in [0.29, 0.717) is 11.8 Å². The molecule has 2 aliphatic carbocycles. The van der Waals surface area contributed by atoms with Gasteiger partial charge in [0.2, 0.25) is 11.8 Å². The molecule has 76 heavy (non-hydrogen) atoms. The number of ether oxygens (including phenoxy) is 4. The average Bonchev–Trinajstić information content (AvgIpc) is 4.44. The lowest BCUT2D eigenvalue weighted by atomic mass is 9.94. The van der Waals surface area contributed by atoms with E-state index in [1.54, 1.807) is 26.9 Å². The van der Waals surface area contributed by atoms with Crippen molar-refractivity contribution in [1.82, 2.24) is 28.9 Å². The van der Waals surface area contributed by atoms with E-state index in [9.17, 15) is 9.59 Å². The molecule has 6 aromatic rings. The van der Waals surface area contributed by atoms with Crippen LogP contribution in [0.25, 0.3) is 23.5 Å². The molecule has 2 atom stereocenters. The summed E-state index contributed by atoms with van der Waals surface area (Å²) in [5, 5.41) is 0. The van der Waals surface area contributed by atoms with Crippen LogP contribution in [-0.4, -0.2) is 121 Å². The number of aryl methyl sites for hydroxylation is 2. The van der Waals surface area contributed by atoms with Gasteiger partial charge in [0, 0.05) is 74.2 Å². The molecular formula is C62H72N8O6. The van der Waals surface area contributed by atoms with Crippen molar-refractivity contribution in [1.29, 1.82) is 0 Å². The van der Waals surface area contributed by atoms with E-state index in [1.807, 2.05) is 71.8 Å². The summed E-state index contributed by atoms with van der Waals surface area (Å²) in [6.07, 6.45) is 19.9. The number of morpholine rings is 2. The number of hydrogen-bond donors (Lipinski definition) is 0. The summed E-state index contributed by atoms with van der Waals surface area (Å²) in [4.78, 5) is 45.3. The maximum Gasteiger partial charge on any atom is 0.250 e. The van der Waals surface area contributed by atoms with Crippen LogP contribution in [0.2, 0.25) is 0 Å². The first-order valence-corrected chi connectivity index (χ1v) is 27.5. The number of carbonyl (C=O) groups excluding carboxylic acids is 2. The molecule has 0 spiro atoms. The minimum Gasteiger partial charge on any atom is -0.495 e. The van der Waals surface area contributed by atoms with E-state index in [4.69, 9.17) is 18.9 Å². The summed E-state index contributed by atoms with van der Waals surface area (Å²) in [5.74, 6) is 2.94. The van der Waals surface area contributed by atoms with Crippen LogP contribution < -0.4 is 19.3 Å². The maximum absolute atomic E-state index is 13.8. The van der Waals surface area contributed by atoms with Gasteiger partial charge in [0.25, 0.3) is 0 Å². The molecule has 6 fully saturated rings. The second kappa shape index (κ2) is 23.0. The zero-order chi connectivity index (χ0) is 52.1. The molecule has 396 valence electrons. The molecule has 0 bridgehead atoms. The number of likely N-dealkylation sites (tertiary alicyclic amines) is 2. The first kappa shape index (κ1) is 51.0. The van der Waals surface area contributed by atoms with Crippen LogP contribution in [0, 0.1) is 25.7 Å². The number of rotatable bonds is 14. The van der Waals surface area contributed by atoms with Crippen LogP contribution in [-0.2, 0) is 19.1 Å². The summed E-state index contributed by atoms with van der Waals surface area (Å²) in [5.41, 5.74) is 12.4. The highest BCUT2D eigenvalue weighted by molar-refractivity contribution is 5.99. The maximum atomic E-state index is 13.8. The Morgan fingerprint density at radius 1 is 0.539 bits per heavy atom. The van der Waals surface area contributed by atoms with Crippen molar-refractivity contribution in [3.05, 3.63) is 155 Å². The Kier molecular flexibility index (Phi) is 15.4. The quantitative estimate of drug-likeness (QED) is 0.0976. The zero-order valence-electron chi connectivity index (χ0n) is 44.6. The number of nitrogens with zero attached hydrogens (tertiary/aromatic N) is 8. The van der Waals surface area contributed by atoms with Crippen molar-refractivity contribution < 1.29 is 28.5 Å². The predicted molar refractivity (Wildman–Crippen MR) is 297 cm³/mol. The van der Waals surface area contributed by atoms with Gasteiger partial charge in [-0.3, -0.25) is 9.59 Å². The van der Waals surface area contributed by atoms with Gasteiger partial charge in [-0.1, -0.05) is 36.4 Å². The second-order valence-electron chi connectivity index (χ2n) is 21.2. The Morgan fingerprint density at radius 2 is 0.934 bits per heavy atom. The second-order valence-corrected chi connectivity index (χ2v) is 21.2. The number of methoxy groups -OCH3 is 2. The number of hydrogen-bond acceptors (Lipinski definition) is 10. The highest BCUT2D eigenvalue weighted by Crippen LogP contribution is 2.48. The molecule has 6 aliphatic rings. The molecule has 0 unspecified atom stereocenters. The van der Waals surface area contributed by atoms with Crippen LogP contribution >= 0.6 is 0 Å². The van der Waals surface area contributed by atoms with Gasteiger partial charge in [-0.2, -0.15) is 0 Å². The van der Waals surface area contributed by atoms with Crippen LogP contribution in [0.15, 0.2) is 121 Å². The van der Waals surface area contributed by atoms with E-state index in [0.717, 1.165) is 148 Å². The average molecular weight is 1030 g/mol. The summed E-state index contributed by atoms with van der Waals surface area (Å²) in [6.45, 7) is 12.4. The number of amides is 2. The molecule has 2 saturated carbocycles. The minimum absolute atomic E-state index is 0.145. The van der Waals surface area contributed by atoms with Crippen LogP contribution in [0.1, 0.15) is 97.1 Å². The third-order valence-electron chi connectivity index (χ3n) is 15.9. The first-order valence-electron chi connectivity index (χ1n) is 27.5. The molecule has 4 saturated heterocycles. The molecule has 14 nitrogen and oxygen atoms in total. The molecule has 14 heteroatoms. The molecule has 0 N–H and O–H groups in total. The van der Waals surface area contributed by atoms with Gasteiger partial charge in [0.15, 0.2) is 0 Å². The van der Waals surface area contributed by atoms with Gasteiger partial charge in [-0.05, 0) is 160 Å². The van der Waals surface area contributed by atoms with Crippen molar-refractivity contribution in [2.45, 2.75) is 77.3 Å². The summed E-state index contributed by atoms with van der Waals surface area (Å²) in [6, 6.07) is 30.3. The van der Waals surface area contributed by atoms with Crippen molar-refractivity contribution in [3.63, 3.8) is 0 Å². The Labute approximate surface area is 447 Å². The van der Waals surface area contributed by atoms with Crippen LogP contribution in [0.3, 0.4) is 0 Å². The number of imidazole rings is 2. The molecule has 4 aromatic carbocycles. The summed E-state index contributed by atoms with van der Waals surface area (Å²) in [7, 11) is 3.36. The third kappa shape index (κ3) is 11.5. The fourth-order valence-electron chi connectivity index (χ4n) is 11.6. The zero-order valence-corrected chi connectivity index (χ0v) is 44.6. The number of anilines is 2. The Balaban J connectivity index is 0.000000162. The Morgan fingerprint density at radius 3 is 1.28 bits per heavy atom. The van der Waals surface area contributed by atoms with Gasteiger partial charge in [-0.15, -0.1) is 0 Å². The van der Waals surface area contributed by atoms with Crippen LogP contribution in [0.4, 0.5) is 11.4 Å². The fourth-order valence-corrected chi connectivity index (χ4v) is 11.6. The smallest absolute Gasteiger partial charge is 0.250 e. The molecule has 2 aromatic heterocycles. The van der Waals surface area contributed by atoms with E-state index >= 15 is 0 Å². The van der Waals surface area contributed by atoms with E-state index < -0.39 is 0 Å². The molecule has 0 radical (unpaired) electrons. The topological polar surface area (TPSA) is 120 Å². The van der Waals surface area contributed by atoms with Crippen molar-refractivity contribution >= 4 is 35.3 Å². The number of carbonyl (C=O) groups is 2. The third-order valence-corrected chi connectivity index (χ3v) is 15.9. The normalized spacial score (nSPS) is 20.2. The van der Waals surface area contributed by atoms with E-state index in [1.165, 1.54) is 48.2 Å². The molecule has 4 aliphatic heterocycles. The number of piperidine rings is 2. The monoisotopic (exact) mass is 1020 g/mol. The van der Waals surface area contributed by atoms with Crippen molar-refractivity contribution in [2.24, 2.45) is 11.8 Å². The minimum atomic E-state index is 0.145. The largest absolute Gasteiger partial charge is 0.495 e. The van der Waals surface area contributed by atoms with Crippen LogP contribution in [0.5, 0.6) is 11.5 Å². The summed E-state index contributed by atoms with van der Waals surface area (Å²) >= 11 is 0. The van der Waals surface area contributed by atoms with Crippen molar-refractivity contribution in [3.8, 4) is 22.9 Å². The molecule has 2 amide bonds. The molecule has 6 heterocycles. The lowest BCUT2D eigenvalue weighted by molar-refractivity contribution is -0.132. The highest BCUT2D eigenvalue weighted by atomic mass is 16.5. The molecular weight excluding hydrogens is 953 g/mol. The van der Waals surface area contributed by atoms with Gasteiger partial charge >= 0.3 is 0 Å². The first-order chi connectivity index (χ1) is 37.2. The Hall–Kier alpha value is -7.16. The predicted octanol–water partition coefficient (Wildman–Crippen LogP) is 10.4. The Bertz CT molecular complexity index is 2840. The van der Waals surface area contributed by atoms with Gasteiger partial charge < -0.3 is 47.7 Å². The summed E-state index contributed by atoms with van der Waals surface area (Å²) < 4.78 is 26.3. The highest BCUT2D eigenvalue weighted by Gasteiger charge is 2.42. The fraction of sp³-hybridized carbons (Fsp3) is 0.419. The SMILES string of the molecule is COc1cc(/C=C2\CCCN([C@@H](c3ccc(N4CCOCC4)cc3)C3CC3)C2=O)ccc1-n1cnc(C)c1.COc1cc(/C=C2\CCCN([C@H](c3ccc(N4CCOCC4)cc3)C3CC3)C2=O)ccc1-n1cnc(C)c1. The molecule has 12 rings (SSSR count). The van der Waals surface area contributed by atoms with E-state index in [2.05, 4.69) is 90.2 Å². The standard InChI is InChI=1S/2C31H36N4O3/c2*1-22-20-34(21-32-22)28-12-5-23(19-29(28)37-2)18-26-4-3-13-35(31(26)36)30(24-6-7-24)25-8-10-27(11-9-25)33-14-16-38-17-15-33/h2*5,8-12,18-21,24,30H,3-4,6-7,13-17H2,1-2H3/b2*26-18+/t2*30-/m10/s1. The van der Waals surface area contributed by atoms with Crippen molar-refractivity contribution in [2.75, 3.05) is 89.7 Å².